The quantitative estimate of drug-likeness (QED) is 0.884. The highest BCUT2D eigenvalue weighted by Gasteiger charge is 2.11. The number of carbonyl (C=O) groups is 1. The number of amides is 1. The van der Waals surface area contributed by atoms with Crippen LogP contribution in [-0.2, 0) is 11.2 Å². The first kappa shape index (κ1) is 13.8. The number of ether oxygens (including phenoxy) is 1. The fourth-order valence-corrected chi connectivity index (χ4v) is 2.97. The molecule has 108 valence electrons. The Labute approximate surface area is 127 Å². The summed E-state index contributed by atoms with van der Waals surface area (Å²) in [7, 11) is 0. The van der Waals surface area contributed by atoms with Crippen molar-refractivity contribution in [3.63, 3.8) is 0 Å². The third-order valence-corrected chi connectivity index (χ3v) is 4.39. The minimum absolute atomic E-state index is 0.166. The van der Waals surface area contributed by atoms with Crippen molar-refractivity contribution in [2.45, 2.75) is 20.3 Å². The SMILES string of the molecule is Cc1nc(NC(=O)/C=C/c2ccc3c(c2)CCO3)sc1C. The van der Waals surface area contributed by atoms with Gasteiger partial charge in [-0.05, 0) is 43.2 Å². The predicted molar refractivity (Wildman–Crippen MR) is 84.9 cm³/mol. The number of carbonyl (C=O) groups excluding carboxylic acids is 1. The first-order valence-electron chi connectivity index (χ1n) is 6.80. The Morgan fingerprint density at radius 1 is 1.43 bits per heavy atom. The number of hydrogen-bond acceptors (Lipinski definition) is 4. The Morgan fingerprint density at radius 3 is 3.05 bits per heavy atom. The molecule has 4 nitrogen and oxygen atoms in total. The van der Waals surface area contributed by atoms with Crippen LogP contribution in [0.3, 0.4) is 0 Å². The van der Waals surface area contributed by atoms with Crippen LogP contribution in [0, 0.1) is 13.8 Å². The molecule has 1 aliphatic heterocycles. The fraction of sp³-hybridized carbons (Fsp3) is 0.250. The van der Waals surface area contributed by atoms with Crippen molar-refractivity contribution < 1.29 is 9.53 Å². The lowest BCUT2D eigenvalue weighted by atomic mass is 10.1. The maximum Gasteiger partial charge on any atom is 0.250 e. The van der Waals surface area contributed by atoms with E-state index in [-0.39, 0.29) is 5.91 Å². The van der Waals surface area contributed by atoms with Gasteiger partial charge in [-0.3, -0.25) is 10.1 Å². The van der Waals surface area contributed by atoms with E-state index in [4.69, 9.17) is 4.74 Å². The number of benzene rings is 1. The normalized spacial score (nSPS) is 13.2. The second kappa shape index (κ2) is 5.69. The standard InChI is InChI=1S/C16H16N2O2S/c1-10-11(2)21-16(17-10)18-15(19)6-4-12-3-5-14-13(9-12)7-8-20-14/h3-6,9H,7-8H2,1-2H3,(H,17,18,19)/b6-4+. The molecule has 0 saturated heterocycles. The van der Waals surface area contributed by atoms with E-state index in [0.717, 1.165) is 34.9 Å². The van der Waals surface area contributed by atoms with Crippen LogP contribution in [0.25, 0.3) is 6.08 Å². The summed E-state index contributed by atoms with van der Waals surface area (Å²) < 4.78 is 5.46. The molecule has 0 saturated carbocycles. The highest BCUT2D eigenvalue weighted by molar-refractivity contribution is 7.15. The Hall–Kier alpha value is -2.14. The largest absolute Gasteiger partial charge is 0.493 e. The summed E-state index contributed by atoms with van der Waals surface area (Å²) in [5, 5.41) is 3.42. The molecule has 0 unspecified atom stereocenters. The van der Waals surface area contributed by atoms with Gasteiger partial charge in [-0.15, -0.1) is 11.3 Å². The molecule has 0 radical (unpaired) electrons. The van der Waals surface area contributed by atoms with Crippen molar-refractivity contribution in [2.24, 2.45) is 0 Å². The van der Waals surface area contributed by atoms with E-state index in [1.165, 1.54) is 23.0 Å². The molecular formula is C16H16N2O2S. The lowest BCUT2D eigenvalue weighted by Crippen LogP contribution is -2.07. The van der Waals surface area contributed by atoms with Crippen molar-refractivity contribution in [3.8, 4) is 5.75 Å². The Morgan fingerprint density at radius 2 is 2.29 bits per heavy atom. The van der Waals surface area contributed by atoms with Crippen LogP contribution in [0.15, 0.2) is 24.3 Å². The third-order valence-electron chi connectivity index (χ3n) is 3.40. The summed E-state index contributed by atoms with van der Waals surface area (Å²) in [6.45, 7) is 4.67. The Kier molecular flexibility index (Phi) is 3.75. The maximum atomic E-state index is 11.9. The van der Waals surface area contributed by atoms with Crippen LogP contribution in [-0.4, -0.2) is 17.5 Å². The molecule has 1 amide bonds. The number of hydrogen-bond donors (Lipinski definition) is 1. The molecule has 0 atom stereocenters. The minimum Gasteiger partial charge on any atom is -0.493 e. The molecule has 21 heavy (non-hydrogen) atoms. The van der Waals surface area contributed by atoms with Crippen LogP contribution >= 0.6 is 11.3 Å². The molecule has 1 aromatic heterocycles. The van der Waals surface area contributed by atoms with Crippen molar-refractivity contribution >= 4 is 28.5 Å². The minimum atomic E-state index is -0.166. The highest BCUT2D eigenvalue weighted by atomic mass is 32.1. The zero-order chi connectivity index (χ0) is 14.8. The fourth-order valence-electron chi connectivity index (χ4n) is 2.16. The molecule has 2 heterocycles. The molecule has 3 rings (SSSR count). The Balaban J connectivity index is 1.66. The summed E-state index contributed by atoms with van der Waals surface area (Å²) >= 11 is 1.49. The van der Waals surface area contributed by atoms with E-state index in [1.54, 1.807) is 6.08 Å². The summed E-state index contributed by atoms with van der Waals surface area (Å²) in [6.07, 6.45) is 4.27. The van der Waals surface area contributed by atoms with Gasteiger partial charge >= 0.3 is 0 Å². The van der Waals surface area contributed by atoms with E-state index < -0.39 is 0 Å². The van der Waals surface area contributed by atoms with E-state index in [0.29, 0.717) is 5.13 Å². The number of nitrogens with zero attached hydrogens (tertiary/aromatic N) is 1. The lowest BCUT2D eigenvalue weighted by Gasteiger charge is -2.00. The van der Waals surface area contributed by atoms with Crippen LogP contribution < -0.4 is 10.1 Å². The van der Waals surface area contributed by atoms with Gasteiger partial charge in [0.2, 0.25) is 5.91 Å². The molecule has 1 N–H and O–H groups in total. The number of aromatic nitrogens is 1. The summed E-state index contributed by atoms with van der Waals surface area (Å²) in [4.78, 5) is 17.3. The molecule has 1 aromatic carbocycles. The van der Waals surface area contributed by atoms with Gasteiger partial charge in [0.1, 0.15) is 5.75 Å². The van der Waals surface area contributed by atoms with Crippen molar-refractivity contribution in [2.75, 3.05) is 11.9 Å². The van der Waals surface area contributed by atoms with Gasteiger partial charge in [-0.25, -0.2) is 4.98 Å². The van der Waals surface area contributed by atoms with E-state index in [2.05, 4.69) is 16.4 Å². The molecule has 5 heteroatoms. The molecule has 0 aliphatic carbocycles. The highest BCUT2D eigenvalue weighted by Crippen LogP contribution is 2.26. The molecule has 0 fully saturated rings. The predicted octanol–water partition coefficient (Wildman–Crippen LogP) is 3.35. The summed E-state index contributed by atoms with van der Waals surface area (Å²) in [5.41, 5.74) is 3.16. The molecule has 0 spiro atoms. The topological polar surface area (TPSA) is 51.2 Å². The third kappa shape index (κ3) is 3.13. The monoisotopic (exact) mass is 300 g/mol. The van der Waals surface area contributed by atoms with Gasteiger partial charge < -0.3 is 4.74 Å². The molecular weight excluding hydrogens is 284 g/mol. The smallest absolute Gasteiger partial charge is 0.250 e. The average molecular weight is 300 g/mol. The van der Waals surface area contributed by atoms with Crippen LogP contribution in [0.4, 0.5) is 5.13 Å². The van der Waals surface area contributed by atoms with Gasteiger partial charge in [0.25, 0.3) is 0 Å². The number of rotatable bonds is 3. The number of aryl methyl sites for hydroxylation is 2. The van der Waals surface area contributed by atoms with E-state index in [9.17, 15) is 4.79 Å². The van der Waals surface area contributed by atoms with Crippen LogP contribution in [0.2, 0.25) is 0 Å². The van der Waals surface area contributed by atoms with E-state index in [1.807, 2.05) is 26.0 Å². The Bertz CT molecular complexity index is 700. The van der Waals surface area contributed by atoms with Crippen molar-refractivity contribution in [3.05, 3.63) is 46.0 Å². The van der Waals surface area contributed by atoms with E-state index >= 15 is 0 Å². The number of anilines is 1. The average Bonchev–Trinajstić information content (AvgIpc) is 3.03. The number of thiazole rings is 1. The van der Waals surface area contributed by atoms with Crippen molar-refractivity contribution in [1.82, 2.24) is 4.98 Å². The second-order valence-electron chi connectivity index (χ2n) is 4.95. The first-order chi connectivity index (χ1) is 10.1. The van der Waals surface area contributed by atoms with Gasteiger partial charge in [-0.1, -0.05) is 6.07 Å². The molecule has 1 aliphatic rings. The lowest BCUT2D eigenvalue weighted by molar-refractivity contribution is -0.111. The van der Waals surface area contributed by atoms with Crippen LogP contribution in [0.1, 0.15) is 21.7 Å². The van der Waals surface area contributed by atoms with Crippen LogP contribution in [0.5, 0.6) is 5.75 Å². The molecule has 2 aromatic rings. The molecule has 0 bridgehead atoms. The first-order valence-corrected chi connectivity index (χ1v) is 7.62. The second-order valence-corrected chi connectivity index (χ2v) is 6.15. The van der Waals surface area contributed by atoms with Gasteiger partial charge in [0.15, 0.2) is 5.13 Å². The maximum absolute atomic E-state index is 11.9. The van der Waals surface area contributed by atoms with Gasteiger partial charge in [0, 0.05) is 17.4 Å². The number of fused-ring (bicyclic) bond motifs is 1. The zero-order valence-corrected chi connectivity index (χ0v) is 12.8. The van der Waals surface area contributed by atoms with Gasteiger partial charge in [0.05, 0.1) is 12.3 Å². The summed E-state index contributed by atoms with van der Waals surface area (Å²) in [5.74, 6) is 0.783. The zero-order valence-electron chi connectivity index (χ0n) is 12.0. The number of nitrogens with one attached hydrogen (secondary N) is 1. The summed E-state index contributed by atoms with van der Waals surface area (Å²) in [6, 6.07) is 5.96. The van der Waals surface area contributed by atoms with Crippen molar-refractivity contribution in [1.29, 1.82) is 0 Å². The van der Waals surface area contributed by atoms with Gasteiger partial charge in [-0.2, -0.15) is 0 Å².